The van der Waals surface area contributed by atoms with E-state index in [0.29, 0.717) is 13.0 Å². The summed E-state index contributed by atoms with van der Waals surface area (Å²) in [6.07, 6.45) is 6.25. The molecule has 2 N–H and O–H groups in total. The highest BCUT2D eigenvalue weighted by molar-refractivity contribution is 6.08. The quantitative estimate of drug-likeness (QED) is 0.578. The number of nitrogens with one attached hydrogen (secondary N) is 2. The highest BCUT2D eigenvalue weighted by Gasteiger charge is 2.33. The van der Waals surface area contributed by atoms with Crippen LogP contribution in [-0.2, 0) is 20.8 Å². The number of carbonyl (C=O) groups excluding carboxylic acids is 3. The molecule has 0 radical (unpaired) electrons. The second-order valence-electron chi connectivity index (χ2n) is 9.04. The normalized spacial score (nSPS) is 17.6. The Morgan fingerprint density at radius 1 is 1.16 bits per heavy atom. The van der Waals surface area contributed by atoms with Crippen LogP contribution in [-0.4, -0.2) is 42.8 Å². The van der Waals surface area contributed by atoms with Crippen LogP contribution in [0.2, 0.25) is 0 Å². The second kappa shape index (κ2) is 11.7. The zero-order chi connectivity index (χ0) is 26.4. The maximum absolute atomic E-state index is 13.7. The molecule has 0 bridgehead atoms. The fraction of sp³-hybridized carbons (Fsp3) is 0.310. The Balaban J connectivity index is 1.44. The first-order valence-corrected chi connectivity index (χ1v) is 12.5. The van der Waals surface area contributed by atoms with Crippen molar-refractivity contribution >= 4 is 29.6 Å². The van der Waals surface area contributed by atoms with E-state index in [0.717, 1.165) is 40.3 Å². The number of amides is 3. The summed E-state index contributed by atoms with van der Waals surface area (Å²) < 4.78 is 5.42. The second-order valence-corrected chi connectivity index (χ2v) is 9.04. The number of para-hydroxylation sites is 1. The maximum atomic E-state index is 13.7. The van der Waals surface area contributed by atoms with Crippen LogP contribution < -0.4 is 20.3 Å². The molecule has 2 atom stereocenters. The smallest absolute Gasteiger partial charge is 0.276 e. The van der Waals surface area contributed by atoms with E-state index in [1.807, 2.05) is 56.3 Å². The van der Waals surface area contributed by atoms with E-state index >= 15 is 0 Å². The van der Waals surface area contributed by atoms with Gasteiger partial charge in [0.05, 0.1) is 18.7 Å². The lowest BCUT2D eigenvalue weighted by molar-refractivity contribution is -0.130. The number of aliphatic imine (C=N–C) groups is 1. The van der Waals surface area contributed by atoms with Crippen LogP contribution in [0, 0.1) is 0 Å². The number of rotatable bonds is 8. The zero-order valence-corrected chi connectivity index (χ0v) is 21.4. The maximum Gasteiger partial charge on any atom is 0.276 e. The lowest BCUT2D eigenvalue weighted by atomic mass is 10.0. The summed E-state index contributed by atoms with van der Waals surface area (Å²) in [6, 6.07) is 13.9. The number of carbonyl (C=O) groups is 3. The fourth-order valence-corrected chi connectivity index (χ4v) is 4.37. The van der Waals surface area contributed by atoms with E-state index in [-0.39, 0.29) is 18.2 Å². The molecule has 1 aliphatic heterocycles. The molecule has 0 saturated carbocycles. The molecule has 1 aliphatic carbocycles. The van der Waals surface area contributed by atoms with E-state index in [1.165, 1.54) is 0 Å². The third kappa shape index (κ3) is 6.14. The van der Waals surface area contributed by atoms with Gasteiger partial charge >= 0.3 is 0 Å². The number of nitrogens with zero attached hydrogens (tertiary/aromatic N) is 2. The van der Waals surface area contributed by atoms with Gasteiger partial charge in [-0.25, -0.2) is 0 Å². The predicted molar refractivity (Wildman–Crippen MR) is 143 cm³/mol. The molecular weight excluding hydrogens is 468 g/mol. The zero-order valence-electron chi connectivity index (χ0n) is 21.4. The Hall–Kier alpha value is -4.20. The molecule has 192 valence electrons. The van der Waals surface area contributed by atoms with Crippen molar-refractivity contribution in [1.29, 1.82) is 0 Å². The molecule has 1 heterocycles. The Morgan fingerprint density at radius 2 is 1.92 bits per heavy atom. The summed E-state index contributed by atoms with van der Waals surface area (Å²) in [5.41, 5.74) is 4.21. The molecule has 8 heteroatoms. The molecule has 0 saturated heterocycles. The van der Waals surface area contributed by atoms with Crippen LogP contribution in [0.1, 0.15) is 44.7 Å². The summed E-state index contributed by atoms with van der Waals surface area (Å²) >= 11 is 0. The first kappa shape index (κ1) is 25.9. The summed E-state index contributed by atoms with van der Waals surface area (Å²) in [5, 5.41) is 5.43. The van der Waals surface area contributed by atoms with E-state index in [2.05, 4.69) is 21.7 Å². The molecule has 37 heavy (non-hydrogen) atoms. The molecule has 3 amide bonds. The van der Waals surface area contributed by atoms with Crippen molar-refractivity contribution in [3.63, 3.8) is 0 Å². The largest absolute Gasteiger partial charge is 0.494 e. The van der Waals surface area contributed by atoms with E-state index in [9.17, 15) is 14.4 Å². The third-order valence-electron chi connectivity index (χ3n) is 6.28. The molecule has 0 aromatic heterocycles. The van der Waals surface area contributed by atoms with Crippen molar-refractivity contribution in [2.24, 2.45) is 4.99 Å². The van der Waals surface area contributed by atoms with Gasteiger partial charge in [-0.15, -0.1) is 0 Å². The molecule has 4 rings (SSSR count). The van der Waals surface area contributed by atoms with Gasteiger partial charge in [-0.05, 0) is 62.9 Å². The molecule has 0 spiro atoms. The van der Waals surface area contributed by atoms with Crippen LogP contribution >= 0.6 is 0 Å². The molecule has 2 aromatic carbocycles. The molecule has 2 aliphatic rings. The predicted octanol–water partition coefficient (Wildman–Crippen LogP) is 3.66. The van der Waals surface area contributed by atoms with Gasteiger partial charge in [-0.1, -0.05) is 42.5 Å². The van der Waals surface area contributed by atoms with Gasteiger partial charge in [0.25, 0.3) is 5.91 Å². The molecule has 8 nitrogen and oxygen atoms in total. The lowest BCUT2D eigenvalue weighted by Crippen LogP contribution is -2.52. The Morgan fingerprint density at radius 3 is 2.65 bits per heavy atom. The number of hydrogen-bond donors (Lipinski definition) is 2. The summed E-state index contributed by atoms with van der Waals surface area (Å²) in [7, 11) is 0. The minimum atomic E-state index is -1.11. The van der Waals surface area contributed by atoms with E-state index in [1.54, 1.807) is 30.2 Å². The molecular formula is C29H32N4O4. The SMILES string of the molecule is CCOc1ccc(CC(=O)N[C@@H](C)C(=O)N[C@H]2N=Cc3ccccc3N(C3=C(C)C=CCC3)C2=O)cc1. The van der Waals surface area contributed by atoms with Crippen LogP contribution in [0.3, 0.4) is 0 Å². The Bertz CT molecular complexity index is 1260. The van der Waals surface area contributed by atoms with Crippen LogP contribution in [0.25, 0.3) is 0 Å². The first-order chi connectivity index (χ1) is 17.9. The number of allylic oxidation sites excluding steroid dienone is 4. The topological polar surface area (TPSA) is 100 Å². The number of ether oxygens (including phenoxy) is 1. The van der Waals surface area contributed by atoms with Crippen molar-refractivity contribution in [2.75, 3.05) is 11.5 Å². The minimum absolute atomic E-state index is 0.120. The molecule has 0 fully saturated rings. The van der Waals surface area contributed by atoms with Crippen molar-refractivity contribution in [2.45, 2.75) is 52.2 Å². The Labute approximate surface area is 217 Å². The van der Waals surface area contributed by atoms with Gasteiger partial charge in [0.2, 0.25) is 18.0 Å². The van der Waals surface area contributed by atoms with Gasteiger partial charge in [0, 0.05) is 17.5 Å². The highest BCUT2D eigenvalue weighted by Crippen LogP contribution is 2.32. The van der Waals surface area contributed by atoms with Crippen molar-refractivity contribution < 1.29 is 19.1 Å². The van der Waals surface area contributed by atoms with Crippen LogP contribution in [0.4, 0.5) is 5.69 Å². The summed E-state index contributed by atoms with van der Waals surface area (Å²) in [4.78, 5) is 45.3. The molecule has 0 unspecified atom stereocenters. The van der Waals surface area contributed by atoms with Crippen molar-refractivity contribution in [3.8, 4) is 5.75 Å². The van der Waals surface area contributed by atoms with E-state index in [4.69, 9.17) is 4.74 Å². The standard InChI is InChI=1S/C29H32N4O4/c1-4-37-23-15-13-21(14-16-23)17-26(34)31-20(3)28(35)32-27-29(36)33(24-11-7-5-9-19(24)2)25-12-8-6-10-22(25)18-30-27/h5-6,8-10,12-16,18,20,27H,4,7,11,17H2,1-3H3,(H,31,34)(H,32,35)/t20-,27+/m0/s1. The number of benzene rings is 2. The highest BCUT2D eigenvalue weighted by atomic mass is 16.5. The fourth-order valence-electron chi connectivity index (χ4n) is 4.37. The average molecular weight is 501 g/mol. The van der Waals surface area contributed by atoms with Gasteiger partial charge in [0.1, 0.15) is 11.8 Å². The monoisotopic (exact) mass is 500 g/mol. The van der Waals surface area contributed by atoms with Gasteiger partial charge in [-0.3, -0.25) is 24.3 Å². The van der Waals surface area contributed by atoms with Crippen molar-refractivity contribution in [3.05, 3.63) is 83.1 Å². The first-order valence-electron chi connectivity index (χ1n) is 12.5. The van der Waals surface area contributed by atoms with Gasteiger partial charge in [-0.2, -0.15) is 0 Å². The van der Waals surface area contributed by atoms with Crippen LogP contribution in [0.5, 0.6) is 5.75 Å². The summed E-state index contributed by atoms with van der Waals surface area (Å²) in [5.74, 6) is -0.395. The van der Waals surface area contributed by atoms with Gasteiger partial charge < -0.3 is 15.4 Å². The number of fused-ring (bicyclic) bond motifs is 1. The number of benzodiazepines with no additional fused rings is 1. The van der Waals surface area contributed by atoms with E-state index < -0.39 is 18.1 Å². The molecule has 2 aromatic rings. The van der Waals surface area contributed by atoms with Crippen LogP contribution in [0.15, 0.2) is 76.9 Å². The Kier molecular flexibility index (Phi) is 8.18. The minimum Gasteiger partial charge on any atom is -0.494 e. The number of anilines is 1. The van der Waals surface area contributed by atoms with Crippen molar-refractivity contribution in [1.82, 2.24) is 10.6 Å². The lowest BCUT2D eigenvalue weighted by Gasteiger charge is -2.30. The third-order valence-corrected chi connectivity index (χ3v) is 6.28. The number of hydrogen-bond acceptors (Lipinski definition) is 5. The van der Waals surface area contributed by atoms with Gasteiger partial charge in [0.15, 0.2) is 0 Å². The summed E-state index contributed by atoms with van der Waals surface area (Å²) in [6.45, 7) is 6.03. The average Bonchev–Trinajstić information content (AvgIpc) is 3.02.